The Kier molecular flexibility index (Phi) is 4.47. The van der Waals surface area contributed by atoms with Crippen LogP contribution < -0.4 is 5.73 Å². The van der Waals surface area contributed by atoms with Crippen molar-refractivity contribution >= 4 is 0 Å². The number of halogens is 3. The first-order valence-corrected chi connectivity index (χ1v) is 6.57. The summed E-state index contributed by atoms with van der Waals surface area (Å²) in [5.41, 5.74) is 8.22. The third-order valence-electron chi connectivity index (χ3n) is 3.64. The minimum atomic E-state index is -4.06. The summed E-state index contributed by atoms with van der Waals surface area (Å²) in [6.45, 7) is 1.64. The lowest BCUT2D eigenvalue weighted by molar-refractivity contribution is -0.136. The van der Waals surface area contributed by atoms with E-state index < -0.39 is 12.6 Å². The van der Waals surface area contributed by atoms with Gasteiger partial charge >= 0.3 is 6.18 Å². The molecule has 2 nitrogen and oxygen atoms in total. The van der Waals surface area contributed by atoms with Crippen LogP contribution in [-0.4, -0.2) is 30.2 Å². The maximum absolute atomic E-state index is 12.2. The van der Waals surface area contributed by atoms with Crippen molar-refractivity contribution in [3.8, 4) is 0 Å². The second-order valence-electron chi connectivity index (χ2n) is 5.05. The fourth-order valence-electron chi connectivity index (χ4n) is 2.62. The molecule has 0 fully saturated rings. The topological polar surface area (TPSA) is 29.3 Å². The molecule has 106 valence electrons. The van der Waals surface area contributed by atoms with Crippen LogP contribution in [0.4, 0.5) is 13.2 Å². The number of rotatable bonds is 4. The van der Waals surface area contributed by atoms with E-state index in [9.17, 15) is 13.2 Å². The first-order chi connectivity index (χ1) is 8.99. The summed E-state index contributed by atoms with van der Waals surface area (Å²) in [6.07, 6.45) is -3.81. The molecule has 2 N–H and O–H groups in total. The van der Waals surface area contributed by atoms with E-state index in [2.05, 4.69) is 11.0 Å². The zero-order valence-corrected chi connectivity index (χ0v) is 10.8. The molecular formula is C14H19F3N2. The molecule has 5 heteroatoms. The number of benzene rings is 1. The molecule has 1 aliphatic rings. The van der Waals surface area contributed by atoms with Gasteiger partial charge in [0, 0.05) is 25.6 Å². The van der Waals surface area contributed by atoms with Crippen molar-refractivity contribution in [2.75, 3.05) is 13.1 Å². The van der Waals surface area contributed by atoms with Gasteiger partial charge in [-0.3, -0.25) is 4.90 Å². The van der Waals surface area contributed by atoms with Gasteiger partial charge in [0.2, 0.25) is 0 Å². The van der Waals surface area contributed by atoms with Crippen LogP contribution in [0.3, 0.4) is 0 Å². The molecule has 0 aromatic heterocycles. The molecule has 0 saturated carbocycles. The highest BCUT2D eigenvalue weighted by molar-refractivity contribution is 5.30. The van der Waals surface area contributed by atoms with Crippen LogP contribution in [0.5, 0.6) is 0 Å². The summed E-state index contributed by atoms with van der Waals surface area (Å²) < 4.78 is 36.6. The molecule has 0 spiro atoms. The number of alkyl halides is 3. The van der Waals surface area contributed by atoms with Crippen molar-refractivity contribution in [2.24, 2.45) is 5.73 Å². The maximum Gasteiger partial charge on any atom is 0.389 e. The number of fused-ring (bicyclic) bond motifs is 1. The van der Waals surface area contributed by atoms with Gasteiger partial charge in [0.25, 0.3) is 0 Å². The van der Waals surface area contributed by atoms with Crippen LogP contribution in [0.15, 0.2) is 24.3 Å². The Morgan fingerprint density at radius 2 is 1.89 bits per heavy atom. The fraction of sp³-hybridized carbons (Fsp3) is 0.571. The van der Waals surface area contributed by atoms with Gasteiger partial charge in [-0.15, -0.1) is 0 Å². The number of hydrogen-bond acceptors (Lipinski definition) is 2. The summed E-state index contributed by atoms with van der Waals surface area (Å²) in [5, 5.41) is 0. The van der Waals surface area contributed by atoms with Crippen molar-refractivity contribution < 1.29 is 13.2 Å². The Balaban J connectivity index is 1.97. The smallest absolute Gasteiger partial charge is 0.329 e. The summed E-state index contributed by atoms with van der Waals surface area (Å²) in [4.78, 5) is 2.08. The van der Waals surface area contributed by atoms with Crippen molar-refractivity contribution in [1.82, 2.24) is 4.90 Å². The average Bonchev–Trinajstić information content (AvgIpc) is 2.36. The second kappa shape index (κ2) is 5.92. The molecule has 0 saturated heterocycles. The molecule has 0 amide bonds. The van der Waals surface area contributed by atoms with E-state index in [1.54, 1.807) is 0 Å². The van der Waals surface area contributed by atoms with E-state index in [1.165, 1.54) is 11.1 Å². The standard InChI is InChI=1S/C14H19F3N2/c15-14(16,17)6-3-7-19-10-12-5-2-1-4-11(12)8-13(19)9-18/h1-2,4-5,13H,3,6-10,18H2. The van der Waals surface area contributed by atoms with Gasteiger partial charge in [-0.25, -0.2) is 0 Å². The van der Waals surface area contributed by atoms with Gasteiger partial charge in [-0.2, -0.15) is 13.2 Å². The molecule has 0 radical (unpaired) electrons. The molecule has 0 bridgehead atoms. The third-order valence-corrected chi connectivity index (χ3v) is 3.64. The quantitative estimate of drug-likeness (QED) is 0.913. The first-order valence-electron chi connectivity index (χ1n) is 6.57. The normalized spacial score (nSPS) is 20.3. The van der Waals surface area contributed by atoms with Crippen molar-refractivity contribution in [3.63, 3.8) is 0 Å². The van der Waals surface area contributed by atoms with Crippen LogP contribution in [0, 0.1) is 0 Å². The largest absolute Gasteiger partial charge is 0.389 e. The van der Waals surface area contributed by atoms with Crippen LogP contribution in [0.25, 0.3) is 0 Å². The lowest BCUT2D eigenvalue weighted by Crippen LogP contribution is -2.45. The van der Waals surface area contributed by atoms with Crippen LogP contribution in [0.1, 0.15) is 24.0 Å². The Bertz CT molecular complexity index is 417. The Morgan fingerprint density at radius 1 is 1.21 bits per heavy atom. The predicted molar refractivity (Wildman–Crippen MR) is 68.7 cm³/mol. The van der Waals surface area contributed by atoms with Gasteiger partial charge in [0.1, 0.15) is 0 Å². The number of nitrogens with two attached hydrogens (primary N) is 1. The maximum atomic E-state index is 12.2. The van der Waals surface area contributed by atoms with Gasteiger partial charge in [0.15, 0.2) is 0 Å². The minimum Gasteiger partial charge on any atom is -0.329 e. The minimum absolute atomic E-state index is 0.141. The molecule has 19 heavy (non-hydrogen) atoms. The summed E-state index contributed by atoms with van der Waals surface area (Å²) in [7, 11) is 0. The lowest BCUT2D eigenvalue weighted by Gasteiger charge is -2.36. The van der Waals surface area contributed by atoms with Crippen LogP contribution in [-0.2, 0) is 13.0 Å². The van der Waals surface area contributed by atoms with Gasteiger partial charge in [-0.05, 0) is 30.5 Å². The van der Waals surface area contributed by atoms with Crippen molar-refractivity contribution in [2.45, 2.75) is 38.0 Å². The Hall–Kier alpha value is -1.07. The third kappa shape index (κ3) is 3.94. The summed E-state index contributed by atoms with van der Waals surface area (Å²) in [5.74, 6) is 0. The molecule has 1 aliphatic heterocycles. The SMILES string of the molecule is NCC1Cc2ccccc2CN1CCCC(F)(F)F. The molecule has 1 aromatic rings. The lowest BCUT2D eigenvalue weighted by atomic mass is 9.94. The zero-order valence-electron chi connectivity index (χ0n) is 10.8. The Labute approximate surface area is 111 Å². The van der Waals surface area contributed by atoms with Crippen molar-refractivity contribution in [3.05, 3.63) is 35.4 Å². The first kappa shape index (κ1) is 14.3. The fourth-order valence-corrected chi connectivity index (χ4v) is 2.62. The van der Waals surface area contributed by atoms with Gasteiger partial charge in [-0.1, -0.05) is 24.3 Å². The van der Waals surface area contributed by atoms with Crippen molar-refractivity contribution in [1.29, 1.82) is 0 Å². The summed E-state index contributed by atoms with van der Waals surface area (Å²) >= 11 is 0. The summed E-state index contributed by atoms with van der Waals surface area (Å²) in [6, 6.07) is 8.23. The molecule has 1 unspecified atom stereocenters. The number of nitrogens with zero attached hydrogens (tertiary/aromatic N) is 1. The highest BCUT2D eigenvalue weighted by Crippen LogP contribution is 2.25. The molecule has 0 aliphatic carbocycles. The average molecular weight is 272 g/mol. The molecule has 2 rings (SSSR count). The Morgan fingerprint density at radius 3 is 2.53 bits per heavy atom. The van der Waals surface area contributed by atoms with E-state index in [4.69, 9.17) is 5.73 Å². The van der Waals surface area contributed by atoms with E-state index in [1.807, 2.05) is 18.2 Å². The molecule has 1 heterocycles. The monoisotopic (exact) mass is 272 g/mol. The van der Waals surface area contributed by atoms with Crippen LogP contribution >= 0.6 is 0 Å². The van der Waals surface area contributed by atoms with E-state index in [0.29, 0.717) is 19.6 Å². The van der Waals surface area contributed by atoms with Gasteiger partial charge < -0.3 is 5.73 Å². The van der Waals surface area contributed by atoms with E-state index in [0.717, 1.165) is 6.42 Å². The highest BCUT2D eigenvalue weighted by atomic mass is 19.4. The second-order valence-corrected chi connectivity index (χ2v) is 5.05. The number of hydrogen-bond donors (Lipinski definition) is 1. The molecule has 1 atom stereocenters. The van der Waals surface area contributed by atoms with Crippen LogP contribution in [0.2, 0.25) is 0 Å². The highest BCUT2D eigenvalue weighted by Gasteiger charge is 2.29. The molecule has 1 aromatic carbocycles. The van der Waals surface area contributed by atoms with E-state index in [-0.39, 0.29) is 12.5 Å². The van der Waals surface area contributed by atoms with Gasteiger partial charge in [0.05, 0.1) is 0 Å². The van der Waals surface area contributed by atoms with E-state index >= 15 is 0 Å². The zero-order chi connectivity index (χ0) is 13.9. The predicted octanol–water partition coefficient (Wildman–Crippen LogP) is 2.71. The molecular weight excluding hydrogens is 253 g/mol.